The summed E-state index contributed by atoms with van der Waals surface area (Å²) in [5, 5.41) is 14.0. The Balaban J connectivity index is 2.26. The normalized spacial score (nSPS) is 10.6. The van der Waals surface area contributed by atoms with Crippen LogP contribution in [0.2, 0.25) is 10.0 Å². The smallest absolute Gasteiger partial charge is 0.323 e. The molecular formula is C15H15Cl2N3O3. The minimum atomic E-state index is -1.06. The molecule has 0 atom stereocenters. The number of aliphatic carboxylic acids is 1. The standard InChI is InChI=1S/C15H15Cl2N3O3/c1-2-6-19(9-14(21)22)15(23)12-5-7-20(18-12)13-4-3-10(16)8-11(13)17/h3-5,7-8H,2,6,9H2,1H3,(H,21,22). The number of carbonyl (C=O) groups excluding carboxylic acids is 1. The van der Waals surface area contributed by atoms with E-state index in [0.29, 0.717) is 28.7 Å². The summed E-state index contributed by atoms with van der Waals surface area (Å²) in [6.45, 7) is 1.86. The molecule has 23 heavy (non-hydrogen) atoms. The SMILES string of the molecule is CCCN(CC(=O)O)C(=O)c1ccn(-c2ccc(Cl)cc2Cl)n1. The third-order valence-corrected chi connectivity index (χ3v) is 3.61. The molecule has 8 heteroatoms. The number of hydrogen-bond acceptors (Lipinski definition) is 3. The van der Waals surface area contributed by atoms with Crippen LogP contribution in [0.15, 0.2) is 30.5 Å². The highest BCUT2D eigenvalue weighted by molar-refractivity contribution is 6.35. The third-order valence-electron chi connectivity index (χ3n) is 3.07. The summed E-state index contributed by atoms with van der Waals surface area (Å²) in [6, 6.07) is 6.46. The largest absolute Gasteiger partial charge is 0.480 e. The fourth-order valence-electron chi connectivity index (χ4n) is 2.09. The van der Waals surface area contributed by atoms with Gasteiger partial charge in [0.2, 0.25) is 0 Å². The predicted octanol–water partition coefficient (Wildman–Crippen LogP) is 3.12. The first-order valence-electron chi connectivity index (χ1n) is 6.94. The first-order chi connectivity index (χ1) is 10.9. The first kappa shape index (κ1) is 17.3. The van der Waals surface area contributed by atoms with Gasteiger partial charge in [-0.15, -0.1) is 0 Å². The van der Waals surface area contributed by atoms with Gasteiger partial charge >= 0.3 is 5.97 Å². The molecule has 2 rings (SSSR count). The van der Waals surface area contributed by atoms with Crippen LogP contribution in [0.3, 0.4) is 0 Å². The van der Waals surface area contributed by atoms with Gasteiger partial charge in [0, 0.05) is 17.8 Å². The molecule has 0 saturated carbocycles. The zero-order valence-electron chi connectivity index (χ0n) is 12.4. The summed E-state index contributed by atoms with van der Waals surface area (Å²) in [5.74, 6) is -1.50. The number of carboxylic acids is 1. The van der Waals surface area contributed by atoms with Crippen molar-refractivity contribution in [3.05, 3.63) is 46.2 Å². The molecule has 0 aliphatic carbocycles. The number of halogens is 2. The molecule has 0 bridgehead atoms. The molecular weight excluding hydrogens is 341 g/mol. The van der Waals surface area contributed by atoms with Gasteiger partial charge in [0.25, 0.3) is 5.91 Å². The van der Waals surface area contributed by atoms with Gasteiger partial charge in [-0.05, 0) is 30.7 Å². The number of amides is 1. The molecule has 0 fully saturated rings. The van der Waals surface area contributed by atoms with Crippen LogP contribution in [0.5, 0.6) is 0 Å². The Morgan fingerprint density at radius 3 is 2.65 bits per heavy atom. The molecule has 1 aromatic heterocycles. The highest BCUT2D eigenvalue weighted by Crippen LogP contribution is 2.24. The van der Waals surface area contributed by atoms with Crippen molar-refractivity contribution in [2.45, 2.75) is 13.3 Å². The lowest BCUT2D eigenvalue weighted by Crippen LogP contribution is -2.36. The Kier molecular flexibility index (Phi) is 5.63. The van der Waals surface area contributed by atoms with E-state index in [1.165, 1.54) is 15.6 Å². The van der Waals surface area contributed by atoms with E-state index < -0.39 is 11.9 Å². The lowest BCUT2D eigenvalue weighted by Gasteiger charge is -2.18. The van der Waals surface area contributed by atoms with Gasteiger partial charge < -0.3 is 10.0 Å². The van der Waals surface area contributed by atoms with Crippen molar-refractivity contribution >= 4 is 35.1 Å². The van der Waals surface area contributed by atoms with Crippen molar-refractivity contribution in [1.29, 1.82) is 0 Å². The minimum Gasteiger partial charge on any atom is -0.480 e. The number of carbonyl (C=O) groups is 2. The molecule has 0 unspecified atom stereocenters. The fraction of sp³-hybridized carbons (Fsp3) is 0.267. The van der Waals surface area contributed by atoms with Gasteiger partial charge in [0.1, 0.15) is 6.54 Å². The van der Waals surface area contributed by atoms with Crippen molar-refractivity contribution < 1.29 is 14.7 Å². The second kappa shape index (κ2) is 7.48. The quantitative estimate of drug-likeness (QED) is 0.863. The lowest BCUT2D eigenvalue weighted by molar-refractivity contribution is -0.137. The Morgan fingerprint density at radius 1 is 1.30 bits per heavy atom. The van der Waals surface area contributed by atoms with Gasteiger partial charge in [-0.3, -0.25) is 9.59 Å². The molecule has 2 aromatic rings. The van der Waals surface area contributed by atoms with Crippen LogP contribution in [0.25, 0.3) is 5.69 Å². The molecule has 1 amide bonds. The number of benzene rings is 1. The van der Waals surface area contributed by atoms with E-state index in [2.05, 4.69) is 5.10 Å². The summed E-state index contributed by atoms with van der Waals surface area (Å²) in [6.07, 6.45) is 2.25. The molecule has 0 radical (unpaired) electrons. The number of rotatable bonds is 6. The van der Waals surface area contributed by atoms with Gasteiger partial charge in [-0.25, -0.2) is 4.68 Å². The summed E-state index contributed by atoms with van der Waals surface area (Å²) in [7, 11) is 0. The van der Waals surface area contributed by atoms with Crippen molar-refractivity contribution in [3.8, 4) is 5.69 Å². The number of hydrogen-bond donors (Lipinski definition) is 1. The van der Waals surface area contributed by atoms with Crippen molar-refractivity contribution in [3.63, 3.8) is 0 Å². The molecule has 0 saturated heterocycles. The maximum Gasteiger partial charge on any atom is 0.323 e. The van der Waals surface area contributed by atoms with E-state index in [1.807, 2.05) is 6.92 Å². The Hall–Kier alpha value is -2.05. The van der Waals surface area contributed by atoms with Gasteiger partial charge in [-0.2, -0.15) is 5.10 Å². The minimum absolute atomic E-state index is 0.158. The lowest BCUT2D eigenvalue weighted by atomic mass is 10.3. The van der Waals surface area contributed by atoms with Crippen LogP contribution in [0.1, 0.15) is 23.8 Å². The second-order valence-electron chi connectivity index (χ2n) is 4.86. The Labute approximate surface area is 143 Å². The third kappa shape index (κ3) is 4.24. The van der Waals surface area contributed by atoms with E-state index in [1.54, 1.807) is 24.4 Å². The monoisotopic (exact) mass is 355 g/mol. The van der Waals surface area contributed by atoms with E-state index in [4.69, 9.17) is 28.3 Å². The topological polar surface area (TPSA) is 75.4 Å². The van der Waals surface area contributed by atoms with Gasteiger partial charge in [0.15, 0.2) is 5.69 Å². The highest BCUT2D eigenvalue weighted by Gasteiger charge is 2.20. The maximum absolute atomic E-state index is 12.4. The van der Waals surface area contributed by atoms with Gasteiger partial charge in [-0.1, -0.05) is 30.1 Å². The van der Waals surface area contributed by atoms with Crippen molar-refractivity contribution in [2.24, 2.45) is 0 Å². The molecule has 6 nitrogen and oxygen atoms in total. The van der Waals surface area contributed by atoms with Crippen LogP contribution in [-0.2, 0) is 4.79 Å². The van der Waals surface area contributed by atoms with Crippen molar-refractivity contribution in [2.75, 3.05) is 13.1 Å². The zero-order chi connectivity index (χ0) is 17.0. The van der Waals surface area contributed by atoms with Crippen LogP contribution < -0.4 is 0 Å². The van der Waals surface area contributed by atoms with Crippen molar-refractivity contribution in [1.82, 2.24) is 14.7 Å². The number of aromatic nitrogens is 2. The molecule has 0 spiro atoms. The summed E-state index contributed by atoms with van der Waals surface area (Å²) < 4.78 is 1.46. The maximum atomic E-state index is 12.4. The first-order valence-corrected chi connectivity index (χ1v) is 7.70. The van der Waals surface area contributed by atoms with Crippen LogP contribution >= 0.6 is 23.2 Å². The Bertz CT molecular complexity index is 731. The summed E-state index contributed by atoms with van der Waals surface area (Å²) >= 11 is 12.0. The molecule has 122 valence electrons. The highest BCUT2D eigenvalue weighted by atomic mass is 35.5. The Morgan fingerprint density at radius 2 is 2.04 bits per heavy atom. The average molecular weight is 356 g/mol. The average Bonchev–Trinajstić information content (AvgIpc) is 2.95. The summed E-state index contributed by atoms with van der Waals surface area (Å²) in [5.41, 5.74) is 0.737. The van der Waals surface area contributed by atoms with E-state index in [0.717, 1.165) is 0 Å². The molecule has 0 aliphatic rings. The van der Waals surface area contributed by atoms with Gasteiger partial charge in [0.05, 0.1) is 10.7 Å². The van der Waals surface area contributed by atoms with Crippen LogP contribution in [-0.4, -0.2) is 44.8 Å². The molecule has 0 aliphatic heterocycles. The van der Waals surface area contributed by atoms with E-state index in [9.17, 15) is 9.59 Å². The second-order valence-corrected chi connectivity index (χ2v) is 5.71. The molecule has 1 N–H and O–H groups in total. The van der Waals surface area contributed by atoms with Crippen LogP contribution in [0, 0.1) is 0 Å². The van der Waals surface area contributed by atoms with E-state index >= 15 is 0 Å². The fourth-order valence-corrected chi connectivity index (χ4v) is 2.58. The number of carboxylic acid groups (broad SMARTS) is 1. The zero-order valence-corrected chi connectivity index (χ0v) is 13.9. The summed E-state index contributed by atoms with van der Waals surface area (Å²) in [4.78, 5) is 24.5. The predicted molar refractivity (Wildman–Crippen MR) is 87.4 cm³/mol. The molecule has 1 aromatic carbocycles. The molecule has 1 heterocycles. The van der Waals surface area contributed by atoms with E-state index in [-0.39, 0.29) is 12.2 Å². The number of nitrogens with zero attached hydrogens (tertiary/aromatic N) is 3. The van der Waals surface area contributed by atoms with Crippen LogP contribution in [0.4, 0.5) is 0 Å².